The van der Waals surface area contributed by atoms with Gasteiger partial charge >= 0.3 is 5.97 Å². The lowest BCUT2D eigenvalue weighted by Crippen LogP contribution is -2.10. The molecular formula is C11H14BrNO2. The van der Waals surface area contributed by atoms with Crippen LogP contribution in [0.2, 0.25) is 0 Å². The van der Waals surface area contributed by atoms with Crippen LogP contribution in [-0.4, -0.2) is 11.1 Å². The van der Waals surface area contributed by atoms with Gasteiger partial charge in [0.25, 0.3) is 0 Å². The molecule has 0 aliphatic rings. The fourth-order valence-electron chi connectivity index (χ4n) is 1.38. The standard InChI is InChI=1S/C11H14BrNO2/c12-9-4-1-3-8(7-9)10(13)5-2-6-11(14)15/h1,3-4,7,10H,2,5-6,13H2,(H,14,15). The van der Waals surface area contributed by atoms with Gasteiger partial charge in [0, 0.05) is 16.9 Å². The van der Waals surface area contributed by atoms with Gasteiger partial charge in [-0.15, -0.1) is 0 Å². The lowest BCUT2D eigenvalue weighted by molar-refractivity contribution is -0.137. The summed E-state index contributed by atoms with van der Waals surface area (Å²) in [6.07, 6.45) is 1.49. The summed E-state index contributed by atoms with van der Waals surface area (Å²) in [4.78, 5) is 10.3. The van der Waals surface area contributed by atoms with E-state index in [0.29, 0.717) is 12.8 Å². The average Bonchev–Trinajstić information content (AvgIpc) is 2.17. The second-order valence-corrected chi connectivity index (χ2v) is 4.36. The van der Waals surface area contributed by atoms with E-state index in [1.807, 2.05) is 24.3 Å². The normalized spacial score (nSPS) is 12.4. The number of benzene rings is 1. The van der Waals surface area contributed by atoms with Crippen molar-refractivity contribution in [2.45, 2.75) is 25.3 Å². The molecule has 0 fully saturated rings. The molecule has 1 unspecified atom stereocenters. The maximum Gasteiger partial charge on any atom is 0.303 e. The van der Waals surface area contributed by atoms with Crippen LogP contribution in [0.15, 0.2) is 28.7 Å². The molecule has 1 atom stereocenters. The van der Waals surface area contributed by atoms with E-state index in [1.165, 1.54) is 0 Å². The van der Waals surface area contributed by atoms with E-state index in [0.717, 1.165) is 10.0 Å². The molecule has 4 heteroatoms. The van der Waals surface area contributed by atoms with Crippen molar-refractivity contribution in [3.05, 3.63) is 34.3 Å². The van der Waals surface area contributed by atoms with Gasteiger partial charge in [-0.25, -0.2) is 0 Å². The number of rotatable bonds is 5. The third kappa shape index (κ3) is 4.44. The first-order chi connectivity index (χ1) is 7.09. The van der Waals surface area contributed by atoms with E-state index in [1.54, 1.807) is 0 Å². The maximum absolute atomic E-state index is 10.3. The molecule has 1 aromatic rings. The van der Waals surface area contributed by atoms with Crippen molar-refractivity contribution >= 4 is 21.9 Å². The summed E-state index contributed by atoms with van der Waals surface area (Å²) in [6.45, 7) is 0. The highest BCUT2D eigenvalue weighted by Crippen LogP contribution is 2.20. The van der Waals surface area contributed by atoms with Crippen molar-refractivity contribution in [3.8, 4) is 0 Å². The van der Waals surface area contributed by atoms with E-state index < -0.39 is 5.97 Å². The molecular weight excluding hydrogens is 258 g/mol. The van der Waals surface area contributed by atoms with E-state index >= 15 is 0 Å². The number of halogens is 1. The molecule has 3 nitrogen and oxygen atoms in total. The number of carboxylic acids is 1. The van der Waals surface area contributed by atoms with Crippen LogP contribution in [0.3, 0.4) is 0 Å². The Kier molecular flexibility index (Phi) is 4.78. The topological polar surface area (TPSA) is 63.3 Å². The lowest BCUT2D eigenvalue weighted by atomic mass is 10.0. The van der Waals surface area contributed by atoms with E-state index in [4.69, 9.17) is 10.8 Å². The van der Waals surface area contributed by atoms with Crippen molar-refractivity contribution in [2.75, 3.05) is 0 Å². The number of aliphatic carboxylic acids is 1. The van der Waals surface area contributed by atoms with Crippen LogP contribution in [-0.2, 0) is 4.79 Å². The predicted octanol–water partition coefficient (Wildman–Crippen LogP) is 2.70. The largest absolute Gasteiger partial charge is 0.481 e. The Morgan fingerprint density at radius 3 is 2.87 bits per heavy atom. The fourth-order valence-corrected chi connectivity index (χ4v) is 1.79. The average molecular weight is 272 g/mol. The van der Waals surface area contributed by atoms with Gasteiger partial charge in [-0.2, -0.15) is 0 Å². The van der Waals surface area contributed by atoms with Crippen molar-refractivity contribution in [1.82, 2.24) is 0 Å². The molecule has 15 heavy (non-hydrogen) atoms. The Hall–Kier alpha value is -0.870. The number of carboxylic acid groups (broad SMARTS) is 1. The maximum atomic E-state index is 10.3. The molecule has 0 heterocycles. The van der Waals surface area contributed by atoms with Gasteiger partial charge in [-0.05, 0) is 30.5 Å². The zero-order valence-corrected chi connectivity index (χ0v) is 9.90. The first-order valence-corrected chi connectivity index (χ1v) is 5.61. The molecule has 82 valence electrons. The van der Waals surface area contributed by atoms with E-state index in [9.17, 15) is 4.79 Å². The third-order valence-electron chi connectivity index (χ3n) is 2.18. The van der Waals surface area contributed by atoms with Gasteiger partial charge in [-0.3, -0.25) is 4.79 Å². The van der Waals surface area contributed by atoms with Crippen LogP contribution >= 0.6 is 15.9 Å². The highest BCUT2D eigenvalue weighted by Gasteiger charge is 2.07. The first-order valence-electron chi connectivity index (χ1n) is 4.82. The highest BCUT2D eigenvalue weighted by atomic mass is 79.9. The summed E-state index contributed by atoms with van der Waals surface area (Å²) >= 11 is 3.37. The molecule has 1 rings (SSSR count). The molecule has 0 amide bonds. The van der Waals surface area contributed by atoms with Gasteiger partial charge in [0.2, 0.25) is 0 Å². The van der Waals surface area contributed by atoms with Gasteiger partial charge in [0.05, 0.1) is 0 Å². The number of hydrogen-bond donors (Lipinski definition) is 2. The molecule has 3 N–H and O–H groups in total. The Morgan fingerprint density at radius 1 is 1.53 bits per heavy atom. The zero-order chi connectivity index (χ0) is 11.3. The SMILES string of the molecule is NC(CCCC(=O)O)c1cccc(Br)c1. The molecule has 0 aromatic heterocycles. The molecule has 0 saturated heterocycles. The summed E-state index contributed by atoms with van der Waals surface area (Å²) in [6, 6.07) is 7.70. The minimum absolute atomic E-state index is 0.0816. The van der Waals surface area contributed by atoms with Crippen LogP contribution in [0.1, 0.15) is 30.9 Å². The highest BCUT2D eigenvalue weighted by molar-refractivity contribution is 9.10. The van der Waals surface area contributed by atoms with Gasteiger partial charge in [0.1, 0.15) is 0 Å². The smallest absolute Gasteiger partial charge is 0.303 e. The Bertz CT molecular complexity index is 341. The third-order valence-corrected chi connectivity index (χ3v) is 2.68. The Balaban J connectivity index is 2.46. The number of hydrogen-bond acceptors (Lipinski definition) is 2. The van der Waals surface area contributed by atoms with E-state index in [-0.39, 0.29) is 12.5 Å². The predicted molar refractivity (Wildman–Crippen MR) is 62.6 cm³/mol. The first kappa shape index (κ1) is 12.2. The summed E-state index contributed by atoms with van der Waals surface area (Å²) in [5, 5.41) is 8.49. The van der Waals surface area contributed by atoms with Crippen LogP contribution in [0.5, 0.6) is 0 Å². The number of nitrogens with two attached hydrogens (primary N) is 1. The Labute approximate surface area is 97.4 Å². The summed E-state index contributed by atoms with van der Waals surface area (Å²) in [5.41, 5.74) is 6.97. The molecule has 0 radical (unpaired) electrons. The quantitative estimate of drug-likeness (QED) is 0.866. The minimum atomic E-state index is -0.767. The van der Waals surface area contributed by atoms with Crippen molar-refractivity contribution in [2.24, 2.45) is 5.73 Å². The Morgan fingerprint density at radius 2 is 2.27 bits per heavy atom. The van der Waals surface area contributed by atoms with Gasteiger partial charge in [-0.1, -0.05) is 28.1 Å². The van der Waals surface area contributed by atoms with Crippen LogP contribution in [0.25, 0.3) is 0 Å². The lowest BCUT2D eigenvalue weighted by Gasteiger charge is -2.11. The van der Waals surface area contributed by atoms with Crippen molar-refractivity contribution in [1.29, 1.82) is 0 Å². The second-order valence-electron chi connectivity index (χ2n) is 3.45. The minimum Gasteiger partial charge on any atom is -0.481 e. The summed E-state index contributed by atoms with van der Waals surface area (Å²) < 4.78 is 0.994. The molecule has 0 bridgehead atoms. The second kappa shape index (κ2) is 5.88. The van der Waals surface area contributed by atoms with Crippen LogP contribution in [0.4, 0.5) is 0 Å². The summed E-state index contributed by atoms with van der Waals surface area (Å²) in [7, 11) is 0. The number of carbonyl (C=O) groups is 1. The van der Waals surface area contributed by atoms with Crippen LogP contribution < -0.4 is 5.73 Å². The van der Waals surface area contributed by atoms with Crippen LogP contribution in [0, 0.1) is 0 Å². The molecule has 0 aliphatic carbocycles. The fraction of sp³-hybridized carbons (Fsp3) is 0.364. The van der Waals surface area contributed by atoms with Gasteiger partial charge in [0.15, 0.2) is 0 Å². The molecule has 1 aromatic carbocycles. The monoisotopic (exact) mass is 271 g/mol. The van der Waals surface area contributed by atoms with Crippen molar-refractivity contribution < 1.29 is 9.90 Å². The zero-order valence-electron chi connectivity index (χ0n) is 8.32. The molecule has 0 aliphatic heterocycles. The molecule has 0 spiro atoms. The summed E-state index contributed by atoms with van der Waals surface area (Å²) in [5.74, 6) is -0.767. The van der Waals surface area contributed by atoms with Crippen molar-refractivity contribution in [3.63, 3.8) is 0 Å². The van der Waals surface area contributed by atoms with E-state index in [2.05, 4.69) is 15.9 Å². The van der Waals surface area contributed by atoms with Gasteiger partial charge < -0.3 is 10.8 Å². The molecule has 0 saturated carbocycles.